The molecule has 0 aromatic carbocycles. The molecule has 37 heavy (non-hydrogen) atoms. The molecular weight excluding hydrogens is 476 g/mol. The molecule has 0 unspecified atom stereocenters. The van der Waals surface area contributed by atoms with E-state index >= 15 is 0 Å². The summed E-state index contributed by atoms with van der Waals surface area (Å²) in [4.78, 5) is 24.1. The van der Waals surface area contributed by atoms with Gasteiger partial charge in [0.05, 0.1) is 24.1 Å². The van der Waals surface area contributed by atoms with Crippen LogP contribution in [0.3, 0.4) is 0 Å². The van der Waals surface area contributed by atoms with Gasteiger partial charge in [0.25, 0.3) is 0 Å². The largest absolute Gasteiger partial charge is 0.383 e. The summed E-state index contributed by atoms with van der Waals surface area (Å²) in [6, 6.07) is 5.38. The smallest absolute Gasteiger partial charge is 0.328 e. The fourth-order valence-electron chi connectivity index (χ4n) is 4.22. The third-order valence-electron chi connectivity index (χ3n) is 5.99. The number of carbonyl (C=O) groups is 1. The number of aryl methyl sites for hydroxylation is 2. The average Bonchev–Trinajstić information content (AvgIpc) is 3.35. The molecule has 0 radical (unpaired) electrons. The molecule has 4 heterocycles. The number of nitrogens with zero attached hydrogens (tertiary/aromatic N) is 6. The van der Waals surface area contributed by atoms with E-state index in [1.807, 2.05) is 19.3 Å². The van der Waals surface area contributed by atoms with E-state index in [1.54, 1.807) is 43.2 Å². The van der Waals surface area contributed by atoms with Crippen LogP contribution in [0.5, 0.6) is 0 Å². The molecule has 0 bridgehead atoms. The van der Waals surface area contributed by atoms with Gasteiger partial charge in [-0.2, -0.15) is 10.4 Å². The van der Waals surface area contributed by atoms with Crippen LogP contribution in [0.25, 0.3) is 11.1 Å². The second-order valence-corrected chi connectivity index (χ2v) is 8.44. The molecule has 0 saturated carbocycles. The Balaban J connectivity index is 1.65. The van der Waals surface area contributed by atoms with E-state index < -0.39 is 6.29 Å². The maximum atomic E-state index is 13.4. The quantitative estimate of drug-likeness (QED) is 0.331. The van der Waals surface area contributed by atoms with Gasteiger partial charge in [0.2, 0.25) is 6.29 Å². The summed E-state index contributed by atoms with van der Waals surface area (Å²) in [5, 5.41) is 19.6. The zero-order valence-electron chi connectivity index (χ0n) is 21.3. The molecule has 0 spiro atoms. The molecule has 0 aliphatic carbocycles. The first-order valence-electron chi connectivity index (χ1n) is 11.8. The van der Waals surface area contributed by atoms with Gasteiger partial charge in [0.1, 0.15) is 23.4 Å². The maximum absolute atomic E-state index is 13.4. The first-order chi connectivity index (χ1) is 18.0. The Morgan fingerprint density at radius 3 is 2.73 bits per heavy atom. The average molecular weight is 507 g/mol. The van der Waals surface area contributed by atoms with Crippen molar-refractivity contribution >= 4 is 23.4 Å². The fourth-order valence-corrected chi connectivity index (χ4v) is 4.22. The van der Waals surface area contributed by atoms with Crippen molar-refractivity contribution in [3.05, 3.63) is 47.5 Å². The lowest BCUT2D eigenvalue weighted by Crippen LogP contribution is -2.40. The van der Waals surface area contributed by atoms with Crippen molar-refractivity contribution in [2.45, 2.75) is 19.1 Å². The Labute approximate surface area is 215 Å². The van der Waals surface area contributed by atoms with Crippen molar-refractivity contribution in [3.63, 3.8) is 0 Å². The summed E-state index contributed by atoms with van der Waals surface area (Å²) in [6.45, 7) is 1.46. The van der Waals surface area contributed by atoms with Gasteiger partial charge in [-0.25, -0.2) is 14.8 Å². The number of amides is 2. The van der Waals surface area contributed by atoms with E-state index in [0.29, 0.717) is 48.3 Å². The number of ether oxygens (including phenoxy) is 3. The molecule has 0 fully saturated rings. The molecule has 3 aromatic heterocycles. The summed E-state index contributed by atoms with van der Waals surface area (Å²) in [6.07, 6.45) is 5.90. The lowest BCUT2D eigenvalue weighted by atomic mass is 9.99. The SMILES string of the molecule is COCCNc1cc(NC(=O)N2CCCc3cc(-c4cnn(C)c4)c(C(OC)OC)nc32)ncc1C#N. The zero-order valence-corrected chi connectivity index (χ0v) is 21.3. The van der Waals surface area contributed by atoms with Crippen molar-refractivity contribution in [2.24, 2.45) is 7.05 Å². The van der Waals surface area contributed by atoms with Crippen LogP contribution in [-0.2, 0) is 27.7 Å². The number of urea groups is 1. The summed E-state index contributed by atoms with van der Waals surface area (Å²) < 4.78 is 17.8. The van der Waals surface area contributed by atoms with Crippen molar-refractivity contribution in [1.29, 1.82) is 5.26 Å². The highest BCUT2D eigenvalue weighted by molar-refractivity contribution is 6.01. The topological polar surface area (TPSA) is 139 Å². The first-order valence-corrected chi connectivity index (χ1v) is 11.8. The number of pyridine rings is 2. The van der Waals surface area contributed by atoms with Crippen LogP contribution in [0.4, 0.5) is 22.1 Å². The van der Waals surface area contributed by atoms with Crippen LogP contribution in [0.15, 0.2) is 30.7 Å². The molecule has 12 heteroatoms. The molecule has 0 atom stereocenters. The summed E-state index contributed by atoms with van der Waals surface area (Å²) in [7, 11) is 6.53. The van der Waals surface area contributed by atoms with Gasteiger partial charge < -0.3 is 19.5 Å². The van der Waals surface area contributed by atoms with Gasteiger partial charge >= 0.3 is 6.03 Å². The third-order valence-corrected chi connectivity index (χ3v) is 5.99. The molecule has 2 amide bonds. The minimum Gasteiger partial charge on any atom is -0.383 e. The van der Waals surface area contributed by atoms with Crippen LogP contribution in [-0.4, -0.2) is 66.8 Å². The summed E-state index contributed by atoms with van der Waals surface area (Å²) in [5.74, 6) is 0.854. The molecule has 1 aliphatic rings. The predicted octanol–water partition coefficient (Wildman–Crippen LogP) is 3.08. The van der Waals surface area contributed by atoms with Crippen LogP contribution in [0, 0.1) is 11.3 Å². The Morgan fingerprint density at radius 2 is 2.05 bits per heavy atom. The van der Waals surface area contributed by atoms with Crippen molar-refractivity contribution in [2.75, 3.05) is 56.6 Å². The van der Waals surface area contributed by atoms with Gasteiger partial charge in [-0.05, 0) is 24.5 Å². The molecule has 0 saturated heterocycles. The predicted molar refractivity (Wildman–Crippen MR) is 137 cm³/mol. The number of nitrogens with one attached hydrogen (secondary N) is 2. The number of nitriles is 1. The number of aromatic nitrogens is 4. The number of hydrogen-bond acceptors (Lipinski definition) is 9. The fraction of sp³-hybridized carbons (Fsp3) is 0.400. The van der Waals surface area contributed by atoms with Gasteiger partial charge in [-0.1, -0.05) is 0 Å². The van der Waals surface area contributed by atoms with Crippen molar-refractivity contribution < 1.29 is 19.0 Å². The number of hydrogen-bond donors (Lipinski definition) is 2. The zero-order chi connectivity index (χ0) is 26.4. The standard InChI is InChI=1S/C25H30N8O4/c1-32-15-18(14-29-32)19-10-16-6-5-8-33(23(16)31-22(19)24(36-3)37-4)25(34)30-21-11-20(27-7-9-35-2)17(12-26)13-28-21/h10-11,13-15,24H,5-9H2,1-4H3,(H2,27,28,30,34). The number of carbonyl (C=O) groups excluding carboxylic acids is 1. The van der Waals surface area contributed by atoms with E-state index in [0.717, 1.165) is 29.5 Å². The monoisotopic (exact) mass is 506 g/mol. The minimum atomic E-state index is -0.728. The van der Waals surface area contributed by atoms with Gasteiger partial charge in [-0.15, -0.1) is 0 Å². The van der Waals surface area contributed by atoms with Crippen LogP contribution < -0.4 is 15.5 Å². The molecule has 2 N–H and O–H groups in total. The number of methoxy groups -OCH3 is 3. The maximum Gasteiger partial charge on any atom is 0.328 e. The molecule has 1 aliphatic heterocycles. The second-order valence-electron chi connectivity index (χ2n) is 8.44. The van der Waals surface area contributed by atoms with E-state index in [9.17, 15) is 10.1 Å². The molecule has 3 aromatic rings. The second kappa shape index (κ2) is 11.8. The number of fused-ring (bicyclic) bond motifs is 1. The van der Waals surface area contributed by atoms with E-state index in [2.05, 4.69) is 26.8 Å². The molecule has 194 valence electrons. The van der Waals surface area contributed by atoms with Gasteiger partial charge in [0, 0.05) is 71.1 Å². The normalized spacial score (nSPS) is 12.8. The Hall–Kier alpha value is -4.05. The van der Waals surface area contributed by atoms with Crippen molar-refractivity contribution in [3.8, 4) is 17.2 Å². The Bertz CT molecular complexity index is 1300. The van der Waals surface area contributed by atoms with Gasteiger partial charge in [-0.3, -0.25) is 14.9 Å². The van der Waals surface area contributed by atoms with Crippen LogP contribution in [0.1, 0.15) is 29.5 Å². The van der Waals surface area contributed by atoms with E-state index in [4.69, 9.17) is 19.2 Å². The van der Waals surface area contributed by atoms with Gasteiger partial charge in [0.15, 0.2) is 0 Å². The summed E-state index contributed by atoms with van der Waals surface area (Å²) in [5.41, 5.74) is 4.14. The lowest BCUT2D eigenvalue weighted by Gasteiger charge is -2.30. The van der Waals surface area contributed by atoms with E-state index in [1.165, 1.54) is 6.20 Å². The molecular formula is C25H30N8O4. The Kier molecular flexibility index (Phi) is 8.29. The summed E-state index contributed by atoms with van der Waals surface area (Å²) >= 11 is 0. The minimum absolute atomic E-state index is 0.315. The number of anilines is 3. The highest BCUT2D eigenvalue weighted by Crippen LogP contribution is 2.36. The molecule has 4 rings (SSSR count). The highest BCUT2D eigenvalue weighted by Gasteiger charge is 2.29. The third kappa shape index (κ3) is 5.69. The highest BCUT2D eigenvalue weighted by atomic mass is 16.7. The van der Waals surface area contributed by atoms with E-state index in [-0.39, 0.29) is 6.03 Å². The first kappa shape index (κ1) is 26.0. The van der Waals surface area contributed by atoms with Crippen molar-refractivity contribution in [1.82, 2.24) is 19.7 Å². The molecule has 12 nitrogen and oxygen atoms in total. The number of rotatable bonds is 9. The van der Waals surface area contributed by atoms with Crippen LogP contribution >= 0.6 is 0 Å². The Morgan fingerprint density at radius 1 is 1.24 bits per heavy atom. The lowest BCUT2D eigenvalue weighted by molar-refractivity contribution is -0.108. The van der Waals surface area contributed by atoms with Crippen LogP contribution in [0.2, 0.25) is 0 Å².